The predicted octanol–water partition coefficient (Wildman–Crippen LogP) is 2.62. The maximum absolute atomic E-state index is 12.3. The van der Waals surface area contributed by atoms with E-state index in [0.717, 1.165) is 5.56 Å². The van der Waals surface area contributed by atoms with E-state index in [-0.39, 0.29) is 0 Å². The van der Waals surface area contributed by atoms with E-state index in [0.29, 0.717) is 23.5 Å². The van der Waals surface area contributed by atoms with Gasteiger partial charge in [0.15, 0.2) is 0 Å². The molecule has 6 heteroatoms. The average Bonchev–Trinajstić information content (AvgIpc) is 2.71. The minimum absolute atomic E-state index is 0.343. The molecule has 0 aromatic heterocycles. The van der Waals surface area contributed by atoms with Crippen molar-refractivity contribution in [2.45, 2.75) is 12.5 Å². The monoisotopic (exact) mass is 369 g/mol. The first-order valence-corrected chi connectivity index (χ1v) is 8.39. The molecule has 0 aliphatic heterocycles. The lowest BCUT2D eigenvalue weighted by molar-refractivity contribution is -0.144. The Bertz CT molecular complexity index is 801. The summed E-state index contributed by atoms with van der Waals surface area (Å²) in [6, 6.07) is 13.9. The topological polar surface area (TPSA) is 73.9 Å². The molecular formula is C21H23NO5. The quantitative estimate of drug-likeness (QED) is 0.572. The Balaban J connectivity index is 2.11. The first kappa shape index (κ1) is 20.0. The Hall–Kier alpha value is -3.28. The molecule has 27 heavy (non-hydrogen) atoms. The number of carbonyl (C=O) groups is 2. The van der Waals surface area contributed by atoms with Gasteiger partial charge in [-0.2, -0.15) is 0 Å². The van der Waals surface area contributed by atoms with Crippen molar-refractivity contribution >= 4 is 18.0 Å². The first-order chi connectivity index (χ1) is 13.1. The fourth-order valence-electron chi connectivity index (χ4n) is 2.54. The van der Waals surface area contributed by atoms with Gasteiger partial charge in [-0.3, -0.25) is 4.79 Å². The Labute approximate surface area is 158 Å². The van der Waals surface area contributed by atoms with Gasteiger partial charge in [0, 0.05) is 18.1 Å². The standard InChI is InChI=1S/C21H23NO5/c1-25-17-10-11-19(26-2)16(14-17)9-12-20(23)22-18(21(24)27-3)13-15-7-5-4-6-8-15/h4-12,14,18H,13H2,1-3H3,(H,22,23)/b12-9+. The van der Waals surface area contributed by atoms with Crippen LogP contribution in [0.3, 0.4) is 0 Å². The number of rotatable bonds is 8. The molecule has 0 fully saturated rings. The number of amides is 1. The SMILES string of the molecule is COC(=O)C(Cc1ccccc1)NC(=O)/C=C/c1cc(OC)ccc1OC. The summed E-state index contributed by atoms with van der Waals surface area (Å²) in [6.07, 6.45) is 3.29. The second kappa shape index (κ2) is 10.0. The van der Waals surface area contributed by atoms with Gasteiger partial charge in [0.05, 0.1) is 21.3 Å². The number of hydrogen-bond acceptors (Lipinski definition) is 5. The minimum Gasteiger partial charge on any atom is -0.497 e. The third-order valence-electron chi connectivity index (χ3n) is 3.94. The Morgan fingerprint density at radius 2 is 1.78 bits per heavy atom. The minimum atomic E-state index is -0.776. The van der Waals surface area contributed by atoms with Crippen molar-refractivity contribution in [2.75, 3.05) is 21.3 Å². The van der Waals surface area contributed by atoms with Gasteiger partial charge < -0.3 is 19.5 Å². The summed E-state index contributed by atoms with van der Waals surface area (Å²) in [4.78, 5) is 24.3. The second-order valence-corrected chi connectivity index (χ2v) is 5.72. The molecule has 0 saturated heterocycles. The molecule has 0 aliphatic carbocycles. The molecule has 6 nitrogen and oxygen atoms in total. The van der Waals surface area contributed by atoms with E-state index in [2.05, 4.69) is 5.32 Å². The van der Waals surface area contributed by atoms with E-state index >= 15 is 0 Å². The van der Waals surface area contributed by atoms with Crippen LogP contribution in [0.5, 0.6) is 11.5 Å². The summed E-state index contributed by atoms with van der Waals surface area (Å²) in [5.74, 6) is 0.340. The lowest BCUT2D eigenvalue weighted by Crippen LogP contribution is -2.42. The van der Waals surface area contributed by atoms with E-state index in [1.165, 1.54) is 13.2 Å². The maximum Gasteiger partial charge on any atom is 0.328 e. The number of hydrogen-bond donors (Lipinski definition) is 1. The Morgan fingerprint density at radius 1 is 1.04 bits per heavy atom. The number of nitrogens with one attached hydrogen (secondary N) is 1. The average molecular weight is 369 g/mol. The van der Waals surface area contributed by atoms with E-state index in [1.54, 1.807) is 38.5 Å². The largest absolute Gasteiger partial charge is 0.497 e. The molecule has 0 aliphatic rings. The number of benzene rings is 2. The molecule has 0 spiro atoms. The van der Waals surface area contributed by atoms with Gasteiger partial charge in [0.2, 0.25) is 5.91 Å². The normalized spacial score (nSPS) is 11.7. The molecule has 0 heterocycles. The van der Waals surface area contributed by atoms with Gasteiger partial charge in [-0.05, 0) is 29.8 Å². The zero-order chi connectivity index (χ0) is 19.6. The molecule has 1 N–H and O–H groups in total. The lowest BCUT2D eigenvalue weighted by atomic mass is 10.1. The number of carbonyl (C=O) groups excluding carboxylic acids is 2. The summed E-state index contributed by atoms with van der Waals surface area (Å²) >= 11 is 0. The van der Waals surface area contributed by atoms with Crippen LogP contribution in [0.1, 0.15) is 11.1 Å². The number of ether oxygens (including phenoxy) is 3. The summed E-state index contributed by atoms with van der Waals surface area (Å²) in [5, 5.41) is 2.68. The van der Waals surface area contributed by atoms with Gasteiger partial charge in [-0.1, -0.05) is 30.3 Å². The van der Waals surface area contributed by atoms with Gasteiger partial charge in [-0.25, -0.2) is 4.79 Å². The maximum atomic E-state index is 12.3. The van der Waals surface area contributed by atoms with Crippen molar-refractivity contribution in [3.63, 3.8) is 0 Å². The molecule has 2 aromatic carbocycles. The number of methoxy groups -OCH3 is 3. The van der Waals surface area contributed by atoms with Gasteiger partial charge >= 0.3 is 5.97 Å². The van der Waals surface area contributed by atoms with Crippen LogP contribution in [0.2, 0.25) is 0 Å². The highest BCUT2D eigenvalue weighted by molar-refractivity contribution is 5.95. The highest BCUT2D eigenvalue weighted by atomic mass is 16.5. The van der Waals surface area contributed by atoms with E-state index < -0.39 is 17.9 Å². The van der Waals surface area contributed by atoms with Crippen molar-refractivity contribution in [1.82, 2.24) is 5.32 Å². The zero-order valence-corrected chi connectivity index (χ0v) is 15.6. The molecule has 1 unspecified atom stereocenters. The Morgan fingerprint density at radius 3 is 2.41 bits per heavy atom. The van der Waals surface area contributed by atoms with Crippen LogP contribution in [0.4, 0.5) is 0 Å². The summed E-state index contributed by atoms with van der Waals surface area (Å²) < 4.78 is 15.3. The van der Waals surface area contributed by atoms with Crippen LogP contribution in [0.25, 0.3) is 6.08 Å². The lowest BCUT2D eigenvalue weighted by Gasteiger charge is -2.15. The van der Waals surface area contributed by atoms with E-state index in [4.69, 9.17) is 14.2 Å². The van der Waals surface area contributed by atoms with Crippen LogP contribution in [-0.2, 0) is 20.7 Å². The van der Waals surface area contributed by atoms with Crippen molar-refractivity contribution in [3.8, 4) is 11.5 Å². The second-order valence-electron chi connectivity index (χ2n) is 5.72. The number of esters is 1. The van der Waals surface area contributed by atoms with Crippen LogP contribution >= 0.6 is 0 Å². The molecule has 2 aromatic rings. The summed E-state index contributed by atoms with van der Waals surface area (Å²) in [7, 11) is 4.41. The van der Waals surface area contributed by atoms with Gasteiger partial charge in [0.25, 0.3) is 0 Å². The van der Waals surface area contributed by atoms with Gasteiger partial charge in [-0.15, -0.1) is 0 Å². The third-order valence-corrected chi connectivity index (χ3v) is 3.94. The molecule has 1 amide bonds. The smallest absolute Gasteiger partial charge is 0.328 e. The zero-order valence-electron chi connectivity index (χ0n) is 15.6. The van der Waals surface area contributed by atoms with Crippen LogP contribution in [0.15, 0.2) is 54.6 Å². The van der Waals surface area contributed by atoms with Crippen LogP contribution < -0.4 is 14.8 Å². The molecule has 142 valence electrons. The van der Waals surface area contributed by atoms with Crippen molar-refractivity contribution in [2.24, 2.45) is 0 Å². The summed E-state index contributed by atoms with van der Waals surface area (Å²) in [5.41, 5.74) is 1.61. The van der Waals surface area contributed by atoms with E-state index in [9.17, 15) is 9.59 Å². The van der Waals surface area contributed by atoms with Crippen molar-refractivity contribution in [1.29, 1.82) is 0 Å². The van der Waals surface area contributed by atoms with E-state index in [1.807, 2.05) is 30.3 Å². The molecular weight excluding hydrogens is 346 g/mol. The molecule has 1 atom stereocenters. The molecule has 2 rings (SSSR count). The van der Waals surface area contributed by atoms with Crippen molar-refractivity contribution < 1.29 is 23.8 Å². The third kappa shape index (κ3) is 5.88. The van der Waals surface area contributed by atoms with Gasteiger partial charge in [0.1, 0.15) is 17.5 Å². The first-order valence-electron chi connectivity index (χ1n) is 8.39. The summed E-state index contributed by atoms with van der Waals surface area (Å²) in [6.45, 7) is 0. The fraction of sp³-hybridized carbons (Fsp3) is 0.238. The highest BCUT2D eigenvalue weighted by Crippen LogP contribution is 2.25. The van der Waals surface area contributed by atoms with Crippen LogP contribution in [0, 0.1) is 0 Å². The Kier molecular flexibility index (Phi) is 7.43. The predicted molar refractivity (Wildman–Crippen MR) is 103 cm³/mol. The fourth-order valence-corrected chi connectivity index (χ4v) is 2.54. The highest BCUT2D eigenvalue weighted by Gasteiger charge is 2.21. The molecule has 0 bridgehead atoms. The van der Waals surface area contributed by atoms with Crippen molar-refractivity contribution in [3.05, 3.63) is 65.7 Å². The molecule has 0 saturated carbocycles. The molecule has 0 radical (unpaired) electrons. The van der Waals surface area contributed by atoms with Crippen LogP contribution in [-0.4, -0.2) is 39.2 Å².